The number of pyridine rings is 1. The molecular weight excluding hydrogens is 370 g/mol. The number of aromatic carboxylic acids is 1. The van der Waals surface area contributed by atoms with Gasteiger partial charge < -0.3 is 5.11 Å². The molecule has 0 bridgehead atoms. The average Bonchev–Trinajstić information content (AvgIpc) is 3.29. The number of carbonyl (C=O) groups is 1. The number of thiophene rings is 1. The summed E-state index contributed by atoms with van der Waals surface area (Å²) in [7, 11) is 0. The zero-order chi connectivity index (χ0) is 20.7. The molecule has 0 aliphatic heterocycles. The van der Waals surface area contributed by atoms with Gasteiger partial charge in [-0.1, -0.05) is 34.1 Å². The Kier molecular flexibility index (Phi) is 8.18. The first-order valence-electron chi connectivity index (χ1n) is 10.0. The third-order valence-corrected chi connectivity index (χ3v) is 6.35. The van der Waals surface area contributed by atoms with E-state index in [2.05, 4.69) is 48.9 Å². The number of aryl methyl sites for hydroxylation is 3. The lowest BCUT2D eigenvalue weighted by Crippen LogP contribution is -2.03. The number of hydrogen-bond donors (Lipinski definition) is 2. The third-order valence-electron chi connectivity index (χ3n) is 5.18. The van der Waals surface area contributed by atoms with E-state index in [1.54, 1.807) is 16.7 Å². The number of nitrogens with one attached hydrogen (secondary N) is 1. The van der Waals surface area contributed by atoms with Crippen LogP contribution in [0.4, 0.5) is 0 Å². The molecule has 0 saturated carbocycles. The number of fused-ring (bicyclic) bond motifs is 1. The van der Waals surface area contributed by atoms with E-state index in [0.29, 0.717) is 11.5 Å². The lowest BCUT2D eigenvalue weighted by atomic mass is 9.96. The van der Waals surface area contributed by atoms with Gasteiger partial charge in [0.05, 0.1) is 5.56 Å². The van der Waals surface area contributed by atoms with Gasteiger partial charge in [-0.25, -0.2) is 9.78 Å². The van der Waals surface area contributed by atoms with Crippen LogP contribution < -0.4 is 0 Å². The van der Waals surface area contributed by atoms with Crippen LogP contribution in [0.15, 0.2) is 17.6 Å². The van der Waals surface area contributed by atoms with Gasteiger partial charge in [0.2, 0.25) is 0 Å². The molecule has 0 spiro atoms. The van der Waals surface area contributed by atoms with Gasteiger partial charge in [0, 0.05) is 27.5 Å². The summed E-state index contributed by atoms with van der Waals surface area (Å²) in [6.45, 7) is 10.6. The molecule has 1 unspecified atom stereocenters. The normalized spacial score (nSPS) is 11.9. The number of aromatic amines is 1. The highest BCUT2D eigenvalue weighted by Crippen LogP contribution is 2.26. The number of nitrogens with zero attached hydrogens (tertiary/aromatic N) is 2. The van der Waals surface area contributed by atoms with Gasteiger partial charge in [-0.2, -0.15) is 5.10 Å². The lowest BCUT2D eigenvalue weighted by molar-refractivity contribution is 0.0696. The summed E-state index contributed by atoms with van der Waals surface area (Å²) in [5.74, 6) is -0.110. The monoisotopic (exact) mass is 401 g/mol. The van der Waals surface area contributed by atoms with Crippen LogP contribution in [0.2, 0.25) is 0 Å². The Morgan fingerprint density at radius 2 is 2.04 bits per heavy atom. The molecule has 0 aliphatic carbocycles. The Balaban J connectivity index is 0.000000207. The van der Waals surface area contributed by atoms with Crippen molar-refractivity contribution in [3.8, 4) is 0 Å². The van der Waals surface area contributed by atoms with Crippen molar-refractivity contribution in [1.29, 1.82) is 0 Å². The van der Waals surface area contributed by atoms with E-state index in [-0.39, 0.29) is 0 Å². The highest BCUT2D eigenvalue weighted by molar-refractivity contribution is 7.10. The number of carboxylic acids is 1. The maximum atomic E-state index is 11.1. The second-order valence-corrected chi connectivity index (χ2v) is 8.14. The molecule has 3 aromatic rings. The average molecular weight is 402 g/mol. The van der Waals surface area contributed by atoms with Gasteiger partial charge in [0.15, 0.2) is 5.65 Å². The number of carboxylic acid groups (broad SMARTS) is 1. The first-order chi connectivity index (χ1) is 13.4. The van der Waals surface area contributed by atoms with Crippen molar-refractivity contribution in [1.82, 2.24) is 15.2 Å². The summed E-state index contributed by atoms with van der Waals surface area (Å²) in [5.41, 5.74) is 4.75. The van der Waals surface area contributed by atoms with Crippen molar-refractivity contribution in [2.75, 3.05) is 0 Å². The molecule has 0 radical (unpaired) electrons. The number of hydrogen-bond acceptors (Lipinski definition) is 4. The Morgan fingerprint density at radius 1 is 1.29 bits per heavy atom. The lowest BCUT2D eigenvalue weighted by Gasteiger charge is -2.09. The van der Waals surface area contributed by atoms with Gasteiger partial charge in [0.1, 0.15) is 0 Å². The van der Waals surface area contributed by atoms with Crippen molar-refractivity contribution in [3.05, 3.63) is 44.9 Å². The van der Waals surface area contributed by atoms with Crippen LogP contribution >= 0.6 is 11.3 Å². The highest BCUT2D eigenvalue weighted by Gasteiger charge is 2.16. The molecule has 0 fully saturated rings. The Bertz CT molecular complexity index is 914. The molecule has 2 N–H and O–H groups in total. The Labute approximate surface area is 171 Å². The van der Waals surface area contributed by atoms with E-state index < -0.39 is 5.97 Å². The summed E-state index contributed by atoms with van der Waals surface area (Å²) < 4.78 is 0. The number of rotatable bonds is 7. The van der Waals surface area contributed by atoms with Crippen molar-refractivity contribution in [2.24, 2.45) is 5.92 Å². The number of aromatic nitrogens is 3. The SMILES string of the molecule is CCc1cnc2n[nH]c(C)c2c1.CCc1scc(C(=O)O)c1CCC(C)CC. The van der Waals surface area contributed by atoms with Crippen LogP contribution in [-0.4, -0.2) is 26.3 Å². The first kappa shape index (κ1) is 22.1. The third kappa shape index (κ3) is 5.41. The maximum absolute atomic E-state index is 11.1. The van der Waals surface area contributed by atoms with Gasteiger partial charge in [-0.05, 0) is 55.7 Å². The molecule has 3 rings (SSSR count). The summed E-state index contributed by atoms with van der Waals surface area (Å²) in [5, 5.41) is 19.0. The minimum Gasteiger partial charge on any atom is -0.478 e. The van der Waals surface area contributed by atoms with Crippen LogP contribution in [0.25, 0.3) is 11.0 Å². The minimum atomic E-state index is -0.782. The van der Waals surface area contributed by atoms with E-state index >= 15 is 0 Å². The van der Waals surface area contributed by atoms with E-state index in [0.717, 1.165) is 54.4 Å². The van der Waals surface area contributed by atoms with E-state index in [1.165, 1.54) is 10.4 Å². The largest absolute Gasteiger partial charge is 0.478 e. The van der Waals surface area contributed by atoms with Gasteiger partial charge in [0.25, 0.3) is 0 Å². The molecule has 0 saturated heterocycles. The predicted octanol–water partition coefficient (Wildman–Crippen LogP) is 5.82. The predicted molar refractivity (Wildman–Crippen MR) is 116 cm³/mol. The van der Waals surface area contributed by atoms with Crippen molar-refractivity contribution >= 4 is 28.3 Å². The zero-order valence-electron chi connectivity index (χ0n) is 17.5. The molecule has 0 aliphatic rings. The van der Waals surface area contributed by atoms with Crippen LogP contribution in [0.5, 0.6) is 0 Å². The molecule has 0 aromatic carbocycles. The fourth-order valence-corrected chi connectivity index (χ4v) is 4.05. The smallest absolute Gasteiger partial charge is 0.336 e. The van der Waals surface area contributed by atoms with Gasteiger partial charge >= 0.3 is 5.97 Å². The molecule has 3 heterocycles. The van der Waals surface area contributed by atoms with Crippen LogP contribution in [0.3, 0.4) is 0 Å². The molecule has 1 atom stereocenters. The quantitative estimate of drug-likeness (QED) is 0.523. The molecule has 0 amide bonds. The molecule has 152 valence electrons. The van der Waals surface area contributed by atoms with Crippen LogP contribution in [0.1, 0.15) is 72.6 Å². The van der Waals surface area contributed by atoms with E-state index in [1.807, 2.05) is 13.1 Å². The van der Waals surface area contributed by atoms with Crippen LogP contribution in [0, 0.1) is 12.8 Å². The number of H-pyrrole nitrogens is 1. The van der Waals surface area contributed by atoms with Gasteiger partial charge in [-0.15, -0.1) is 11.3 Å². The first-order valence-corrected chi connectivity index (χ1v) is 10.9. The molecule has 3 aromatic heterocycles. The highest BCUT2D eigenvalue weighted by atomic mass is 32.1. The topological polar surface area (TPSA) is 78.9 Å². The second-order valence-electron chi connectivity index (χ2n) is 7.18. The minimum absolute atomic E-state index is 0.519. The maximum Gasteiger partial charge on any atom is 0.336 e. The Hall–Kier alpha value is -2.21. The summed E-state index contributed by atoms with van der Waals surface area (Å²) in [6, 6.07) is 2.14. The zero-order valence-corrected chi connectivity index (χ0v) is 18.3. The fourth-order valence-electron chi connectivity index (χ4n) is 3.02. The van der Waals surface area contributed by atoms with E-state index in [9.17, 15) is 4.79 Å². The molecule has 6 heteroatoms. The molecule has 28 heavy (non-hydrogen) atoms. The van der Waals surface area contributed by atoms with E-state index in [4.69, 9.17) is 5.11 Å². The second kappa shape index (κ2) is 10.4. The summed E-state index contributed by atoms with van der Waals surface area (Å²) >= 11 is 1.58. The molecular formula is C22H31N3O2S. The summed E-state index contributed by atoms with van der Waals surface area (Å²) in [6.07, 6.45) is 6.99. The van der Waals surface area contributed by atoms with Gasteiger partial charge in [-0.3, -0.25) is 5.10 Å². The van der Waals surface area contributed by atoms with Crippen molar-refractivity contribution in [2.45, 2.75) is 66.7 Å². The Morgan fingerprint density at radius 3 is 2.64 bits per heavy atom. The van der Waals surface area contributed by atoms with Crippen LogP contribution in [-0.2, 0) is 19.3 Å². The molecule has 5 nitrogen and oxygen atoms in total. The fraction of sp³-hybridized carbons (Fsp3) is 0.500. The standard InChI is InChI=1S/C13H20O2S.C9H11N3/c1-4-9(3)6-7-10-11(13(14)15)8-16-12(10)5-2;1-3-7-4-8-6(2)11-12-9(8)10-5-7/h8-9H,4-7H2,1-3H3,(H,14,15);4-5H,3H2,1-2H3,(H,10,11,12). The van der Waals surface area contributed by atoms with Crippen molar-refractivity contribution < 1.29 is 9.90 Å². The summed E-state index contributed by atoms with van der Waals surface area (Å²) in [4.78, 5) is 16.5. The van der Waals surface area contributed by atoms with Crippen molar-refractivity contribution in [3.63, 3.8) is 0 Å².